The second kappa shape index (κ2) is 14.4. The fourth-order valence-electron chi connectivity index (χ4n) is 7.90. The van der Waals surface area contributed by atoms with Crippen LogP contribution in [0.4, 0.5) is 14.9 Å². The highest BCUT2D eigenvalue weighted by atomic mass is 32.2. The molecule has 0 bridgehead atoms. The molecule has 53 heavy (non-hydrogen) atoms. The minimum absolute atomic E-state index is 0.00922. The van der Waals surface area contributed by atoms with E-state index in [0.717, 1.165) is 25.7 Å². The molecule has 7 rings (SSSR count). The van der Waals surface area contributed by atoms with E-state index in [4.69, 9.17) is 9.47 Å². The molecule has 5 aliphatic rings. The van der Waals surface area contributed by atoms with Crippen LogP contribution < -0.4 is 14.8 Å². The summed E-state index contributed by atoms with van der Waals surface area (Å²) in [7, 11) is -2.38. The predicted molar refractivity (Wildman–Crippen MR) is 194 cm³/mol. The van der Waals surface area contributed by atoms with Crippen LogP contribution in [0.1, 0.15) is 82.3 Å². The SMILES string of the molecule is COc1ccc(N[C@H]2CCCCC/C=C\[C@@H]3C[C@@]3(C(=O)NS(=O)(=O)C3(C)CC3)CC(=O)[C@@H]3C[C@@H](OC(=O)N4Cc5cccc(F)c5C4)CN3C2=O)cc1. The lowest BCUT2D eigenvalue weighted by Gasteiger charge is -2.30. The number of anilines is 1. The lowest BCUT2D eigenvalue weighted by Crippen LogP contribution is -2.49. The Morgan fingerprint density at radius 1 is 1.02 bits per heavy atom. The maximum absolute atomic E-state index is 14.5. The highest BCUT2D eigenvalue weighted by Crippen LogP contribution is 2.57. The Morgan fingerprint density at radius 3 is 2.51 bits per heavy atom. The Labute approximate surface area is 309 Å². The zero-order valence-electron chi connectivity index (χ0n) is 30.1. The third-order valence-corrected chi connectivity index (χ3v) is 13.9. The van der Waals surface area contributed by atoms with Gasteiger partial charge in [0, 0.05) is 30.6 Å². The Morgan fingerprint density at radius 2 is 1.79 bits per heavy atom. The van der Waals surface area contributed by atoms with E-state index in [9.17, 15) is 32.0 Å². The molecule has 3 heterocycles. The van der Waals surface area contributed by atoms with E-state index >= 15 is 0 Å². The van der Waals surface area contributed by atoms with E-state index in [1.165, 1.54) is 15.9 Å². The first-order chi connectivity index (χ1) is 25.3. The summed E-state index contributed by atoms with van der Waals surface area (Å²) in [6.07, 6.45) is 7.01. The number of ether oxygens (including phenoxy) is 2. The van der Waals surface area contributed by atoms with Crippen molar-refractivity contribution in [2.45, 2.75) is 107 Å². The first-order valence-electron chi connectivity index (χ1n) is 18.5. The lowest BCUT2D eigenvalue weighted by atomic mass is 9.91. The summed E-state index contributed by atoms with van der Waals surface area (Å²) in [4.78, 5) is 59.1. The number of hydrogen-bond donors (Lipinski definition) is 2. The van der Waals surface area contributed by atoms with Crippen LogP contribution in [-0.4, -0.2) is 78.5 Å². The van der Waals surface area contributed by atoms with Crippen molar-refractivity contribution in [2.24, 2.45) is 11.3 Å². The molecule has 0 radical (unpaired) electrons. The molecule has 2 aromatic carbocycles. The molecule has 3 fully saturated rings. The molecule has 2 aliphatic carbocycles. The van der Waals surface area contributed by atoms with Gasteiger partial charge in [-0.15, -0.1) is 0 Å². The number of benzene rings is 2. The molecule has 5 atom stereocenters. The minimum Gasteiger partial charge on any atom is -0.497 e. The highest BCUT2D eigenvalue weighted by molar-refractivity contribution is 7.91. The Bertz CT molecular complexity index is 1920. The number of nitrogens with one attached hydrogen (secondary N) is 2. The largest absolute Gasteiger partial charge is 0.497 e. The third-order valence-electron chi connectivity index (χ3n) is 11.7. The monoisotopic (exact) mass is 750 g/mol. The number of methoxy groups -OCH3 is 1. The van der Waals surface area contributed by atoms with Crippen molar-refractivity contribution in [3.05, 3.63) is 71.6 Å². The van der Waals surface area contributed by atoms with Gasteiger partial charge < -0.3 is 19.7 Å². The highest BCUT2D eigenvalue weighted by Gasteiger charge is 2.62. The molecule has 2 aromatic rings. The number of Topliss-reactive ketones (excluding diaryl/α,β-unsaturated/α-hetero) is 1. The number of hydrogen-bond acceptors (Lipinski definition) is 9. The molecule has 14 heteroatoms. The predicted octanol–water partition coefficient (Wildman–Crippen LogP) is 5.22. The second-order valence-electron chi connectivity index (χ2n) is 15.5. The van der Waals surface area contributed by atoms with Gasteiger partial charge in [-0.3, -0.25) is 24.0 Å². The van der Waals surface area contributed by atoms with Gasteiger partial charge in [0.15, 0.2) is 5.78 Å². The van der Waals surface area contributed by atoms with Crippen LogP contribution in [-0.2, 0) is 42.2 Å². The van der Waals surface area contributed by atoms with Crippen LogP contribution in [0, 0.1) is 17.2 Å². The van der Waals surface area contributed by atoms with Gasteiger partial charge in [0.2, 0.25) is 21.8 Å². The van der Waals surface area contributed by atoms with E-state index < -0.39 is 62.0 Å². The maximum Gasteiger partial charge on any atom is 0.410 e. The number of rotatable bonds is 7. The quantitative estimate of drug-likeness (QED) is 0.363. The van der Waals surface area contributed by atoms with Crippen molar-refractivity contribution in [3.63, 3.8) is 0 Å². The number of amides is 3. The van der Waals surface area contributed by atoms with Crippen LogP contribution in [0.2, 0.25) is 0 Å². The van der Waals surface area contributed by atoms with Gasteiger partial charge in [-0.25, -0.2) is 17.6 Å². The van der Waals surface area contributed by atoms with E-state index in [-0.39, 0.29) is 44.3 Å². The normalized spacial score (nSPS) is 28.7. The molecule has 1 saturated heterocycles. The van der Waals surface area contributed by atoms with Crippen LogP contribution >= 0.6 is 0 Å². The molecular formula is C39H47FN4O8S. The average molecular weight is 751 g/mol. The number of allylic oxidation sites excluding steroid dienone is 2. The summed E-state index contributed by atoms with van der Waals surface area (Å²) >= 11 is 0. The summed E-state index contributed by atoms with van der Waals surface area (Å²) in [6.45, 7) is 1.77. The Hall–Kier alpha value is -4.46. The van der Waals surface area contributed by atoms with Crippen LogP contribution in [0.15, 0.2) is 54.6 Å². The fourth-order valence-corrected chi connectivity index (χ4v) is 9.24. The molecule has 0 unspecified atom stereocenters. The maximum atomic E-state index is 14.5. The molecule has 2 saturated carbocycles. The smallest absolute Gasteiger partial charge is 0.410 e. The van der Waals surface area contributed by atoms with E-state index in [1.807, 2.05) is 24.3 Å². The standard InChI is InChI=1S/C39H47FN4O8S/c1-38(17-18-38)53(49,50)42-36(47)39-20-26(39)10-6-4-3-5-7-12-32(41-27-13-15-28(51-2)16-14-27)35(46)44-23-29(19-33(44)34(45)21-39)52-37(48)43-22-25-9-8-11-31(40)30(25)24-43/h6,8-11,13-16,26,29,32-33,41H,3-5,7,12,17-24H2,1-2H3,(H,42,47)/b10-6-/t26-,29-,32+,33+,39-/m1/s1. The van der Waals surface area contributed by atoms with Crippen molar-refractivity contribution in [1.29, 1.82) is 0 Å². The summed E-state index contributed by atoms with van der Waals surface area (Å²) in [6, 6.07) is 10.2. The van der Waals surface area contributed by atoms with Gasteiger partial charge in [-0.05, 0) is 87.3 Å². The lowest BCUT2D eigenvalue weighted by molar-refractivity contribution is -0.139. The van der Waals surface area contributed by atoms with Gasteiger partial charge >= 0.3 is 6.09 Å². The number of sulfonamides is 1. The fraction of sp³-hybridized carbons (Fsp3) is 0.538. The Balaban J connectivity index is 1.15. The van der Waals surface area contributed by atoms with E-state index in [2.05, 4.69) is 10.0 Å². The molecule has 12 nitrogen and oxygen atoms in total. The van der Waals surface area contributed by atoms with Crippen LogP contribution in [0.5, 0.6) is 5.75 Å². The van der Waals surface area contributed by atoms with Gasteiger partial charge in [-0.1, -0.05) is 37.1 Å². The van der Waals surface area contributed by atoms with Crippen LogP contribution in [0.3, 0.4) is 0 Å². The topological polar surface area (TPSA) is 151 Å². The number of fused-ring (bicyclic) bond motifs is 3. The van der Waals surface area contributed by atoms with Crippen molar-refractivity contribution in [3.8, 4) is 5.75 Å². The van der Waals surface area contributed by atoms with Crippen LogP contribution in [0.25, 0.3) is 0 Å². The first-order valence-corrected chi connectivity index (χ1v) is 20.0. The molecule has 3 aliphatic heterocycles. The number of carbonyl (C=O) groups is 4. The van der Waals surface area contributed by atoms with Crippen molar-refractivity contribution >= 4 is 39.4 Å². The zero-order valence-corrected chi connectivity index (χ0v) is 31.0. The molecule has 0 aromatic heterocycles. The number of nitrogens with zero attached hydrogens (tertiary/aromatic N) is 2. The zero-order chi connectivity index (χ0) is 37.5. The Kier molecular flexibility index (Phi) is 10.0. The van der Waals surface area contributed by atoms with E-state index in [0.29, 0.717) is 48.2 Å². The molecule has 3 amide bonds. The van der Waals surface area contributed by atoms with Gasteiger partial charge in [-0.2, -0.15) is 0 Å². The number of halogens is 1. The minimum atomic E-state index is -3.95. The molecule has 284 valence electrons. The second-order valence-corrected chi connectivity index (χ2v) is 17.7. The summed E-state index contributed by atoms with van der Waals surface area (Å²) in [5.74, 6) is -1.51. The third kappa shape index (κ3) is 7.52. The summed E-state index contributed by atoms with van der Waals surface area (Å²) < 4.78 is 53.2. The van der Waals surface area contributed by atoms with Gasteiger partial charge in [0.05, 0.1) is 36.4 Å². The number of carbonyl (C=O) groups excluding carboxylic acids is 4. The molecule has 2 N–H and O–H groups in total. The first kappa shape index (κ1) is 36.9. The van der Waals surface area contributed by atoms with Gasteiger partial charge in [0.1, 0.15) is 23.7 Å². The number of ketones is 1. The summed E-state index contributed by atoms with van der Waals surface area (Å²) in [5.41, 5.74) is 0.531. The van der Waals surface area contributed by atoms with Crippen molar-refractivity contribution < 1.29 is 41.5 Å². The van der Waals surface area contributed by atoms with Crippen molar-refractivity contribution in [2.75, 3.05) is 19.0 Å². The van der Waals surface area contributed by atoms with Crippen molar-refractivity contribution in [1.82, 2.24) is 14.5 Å². The molecular weight excluding hydrogens is 704 g/mol. The average Bonchev–Trinajstić information content (AvgIpc) is 3.92. The molecule has 0 spiro atoms. The summed E-state index contributed by atoms with van der Waals surface area (Å²) in [5, 5.41) is 3.35. The van der Waals surface area contributed by atoms with Gasteiger partial charge in [0.25, 0.3) is 0 Å². The van der Waals surface area contributed by atoms with E-state index in [1.54, 1.807) is 38.3 Å².